The Morgan fingerprint density at radius 2 is 1.80 bits per heavy atom. The van der Waals surface area contributed by atoms with Gasteiger partial charge in [0.1, 0.15) is 0 Å². The van der Waals surface area contributed by atoms with Crippen LogP contribution in [0.5, 0.6) is 0 Å². The van der Waals surface area contributed by atoms with Crippen molar-refractivity contribution in [2.45, 2.75) is 0 Å². The molecule has 0 aliphatic carbocycles. The Bertz CT molecular complexity index is 1110. The van der Waals surface area contributed by atoms with Gasteiger partial charge in [0, 0.05) is 65.0 Å². The van der Waals surface area contributed by atoms with Crippen molar-refractivity contribution in [3.8, 4) is 0 Å². The molecule has 0 bridgehead atoms. The molecule has 1 amide bonds. The molecular weight excluding hydrogens is 310 g/mol. The van der Waals surface area contributed by atoms with Gasteiger partial charge in [-0.2, -0.15) is 0 Å². The Hall–Kier alpha value is -3.27. The molecular formula is C21H19N3O. The second-order valence-electron chi connectivity index (χ2n) is 6.10. The first-order valence-electron chi connectivity index (χ1n) is 8.23. The molecule has 124 valence electrons. The Morgan fingerprint density at radius 3 is 2.60 bits per heavy atom. The number of aromatic amines is 1. The lowest BCUT2D eigenvalue weighted by Crippen LogP contribution is -2.19. The lowest BCUT2D eigenvalue weighted by atomic mass is 10.0. The second kappa shape index (κ2) is 5.98. The highest BCUT2D eigenvalue weighted by Gasteiger charge is 2.16. The first kappa shape index (κ1) is 15.3. The van der Waals surface area contributed by atoms with E-state index in [4.69, 9.17) is 0 Å². The largest absolute Gasteiger partial charge is 0.361 e. The maximum absolute atomic E-state index is 12.6. The van der Waals surface area contributed by atoms with Crippen molar-refractivity contribution < 1.29 is 4.79 Å². The van der Waals surface area contributed by atoms with Crippen LogP contribution in [0.15, 0.2) is 60.9 Å². The highest BCUT2D eigenvalue weighted by molar-refractivity contribution is 6.27. The number of benzene rings is 2. The molecule has 2 aromatic heterocycles. The summed E-state index contributed by atoms with van der Waals surface area (Å²) in [6.45, 7) is 0. The number of aromatic nitrogens is 2. The molecule has 0 fully saturated rings. The summed E-state index contributed by atoms with van der Waals surface area (Å²) < 4.78 is 2.08. The van der Waals surface area contributed by atoms with Crippen LogP contribution in [0.3, 0.4) is 0 Å². The van der Waals surface area contributed by atoms with E-state index in [-0.39, 0.29) is 5.91 Å². The van der Waals surface area contributed by atoms with E-state index < -0.39 is 0 Å². The third-order valence-electron chi connectivity index (χ3n) is 4.58. The monoisotopic (exact) mass is 329 g/mol. The lowest BCUT2D eigenvalue weighted by Gasteiger charge is -2.05. The number of amides is 1. The van der Waals surface area contributed by atoms with Gasteiger partial charge in [-0.25, -0.2) is 0 Å². The summed E-state index contributed by atoms with van der Waals surface area (Å²) in [4.78, 5) is 15.9. The van der Waals surface area contributed by atoms with Crippen molar-refractivity contribution >= 4 is 39.4 Å². The fraction of sp³-hybridized carbons (Fsp3) is 0.0952. The molecule has 4 rings (SSSR count). The summed E-state index contributed by atoms with van der Waals surface area (Å²) in [6, 6.07) is 16.2. The minimum absolute atomic E-state index is 0.0994. The van der Waals surface area contributed by atoms with Crippen molar-refractivity contribution in [2.75, 3.05) is 7.05 Å². The predicted octanol–water partition coefficient (Wildman–Crippen LogP) is 3.95. The van der Waals surface area contributed by atoms with E-state index in [9.17, 15) is 4.79 Å². The molecule has 0 unspecified atom stereocenters. The van der Waals surface area contributed by atoms with E-state index in [2.05, 4.69) is 33.2 Å². The van der Waals surface area contributed by atoms with Gasteiger partial charge in [0.25, 0.3) is 5.91 Å². The number of aryl methyl sites for hydroxylation is 1. The predicted molar refractivity (Wildman–Crippen MR) is 103 cm³/mol. The lowest BCUT2D eigenvalue weighted by molar-refractivity contribution is -0.115. The number of hydrogen-bond acceptors (Lipinski definition) is 1. The molecule has 25 heavy (non-hydrogen) atoms. The van der Waals surface area contributed by atoms with Crippen molar-refractivity contribution in [2.24, 2.45) is 7.05 Å². The van der Waals surface area contributed by atoms with Crippen LogP contribution < -0.4 is 5.32 Å². The fourth-order valence-electron chi connectivity index (χ4n) is 3.34. The molecule has 4 aromatic rings. The SMILES string of the molecule is CNC(=O)/C(=C\c1cn(C)c2ccccc12)c1c[nH]c2ccccc12. The zero-order valence-corrected chi connectivity index (χ0v) is 14.2. The van der Waals surface area contributed by atoms with Gasteiger partial charge in [0.2, 0.25) is 0 Å². The minimum Gasteiger partial charge on any atom is -0.361 e. The maximum Gasteiger partial charge on any atom is 0.251 e. The molecule has 0 saturated heterocycles. The topological polar surface area (TPSA) is 49.8 Å². The number of H-pyrrole nitrogens is 1. The molecule has 2 aromatic carbocycles. The summed E-state index contributed by atoms with van der Waals surface area (Å²) >= 11 is 0. The Balaban J connectivity index is 1.95. The van der Waals surface area contributed by atoms with Crippen LogP contribution in [0.4, 0.5) is 0 Å². The van der Waals surface area contributed by atoms with E-state index in [1.54, 1.807) is 7.05 Å². The Morgan fingerprint density at radius 1 is 1.08 bits per heavy atom. The average molecular weight is 329 g/mol. The molecule has 0 saturated carbocycles. The molecule has 0 radical (unpaired) electrons. The normalized spacial score (nSPS) is 12.0. The number of carbonyl (C=O) groups is 1. The van der Waals surface area contributed by atoms with Crippen LogP contribution >= 0.6 is 0 Å². The summed E-state index contributed by atoms with van der Waals surface area (Å²) in [5.41, 5.74) is 4.75. The molecule has 4 nitrogen and oxygen atoms in total. The number of nitrogens with one attached hydrogen (secondary N) is 2. The van der Waals surface area contributed by atoms with Crippen LogP contribution in [-0.4, -0.2) is 22.5 Å². The van der Waals surface area contributed by atoms with Gasteiger partial charge < -0.3 is 14.9 Å². The number of hydrogen-bond donors (Lipinski definition) is 2. The van der Waals surface area contributed by atoms with Crippen LogP contribution in [-0.2, 0) is 11.8 Å². The smallest absolute Gasteiger partial charge is 0.251 e. The number of carbonyl (C=O) groups excluding carboxylic acids is 1. The molecule has 2 heterocycles. The van der Waals surface area contributed by atoms with Crippen molar-refractivity contribution in [3.05, 3.63) is 72.1 Å². The van der Waals surface area contributed by atoms with Gasteiger partial charge in [-0.05, 0) is 18.2 Å². The molecule has 4 heteroatoms. The van der Waals surface area contributed by atoms with Crippen LogP contribution in [0.25, 0.3) is 33.5 Å². The molecule has 0 spiro atoms. The van der Waals surface area contributed by atoms with Gasteiger partial charge in [-0.3, -0.25) is 4.79 Å². The fourth-order valence-corrected chi connectivity index (χ4v) is 3.34. The summed E-state index contributed by atoms with van der Waals surface area (Å²) in [6.07, 6.45) is 5.93. The quantitative estimate of drug-likeness (QED) is 0.550. The number of para-hydroxylation sites is 2. The van der Waals surface area contributed by atoms with E-state index in [0.717, 1.165) is 32.9 Å². The van der Waals surface area contributed by atoms with E-state index in [0.29, 0.717) is 5.57 Å². The van der Waals surface area contributed by atoms with Crippen LogP contribution in [0.2, 0.25) is 0 Å². The second-order valence-corrected chi connectivity index (χ2v) is 6.10. The highest BCUT2D eigenvalue weighted by atomic mass is 16.1. The van der Waals surface area contributed by atoms with Crippen LogP contribution in [0.1, 0.15) is 11.1 Å². The number of nitrogens with zero attached hydrogens (tertiary/aromatic N) is 1. The van der Waals surface area contributed by atoms with Crippen LogP contribution in [0, 0.1) is 0 Å². The number of fused-ring (bicyclic) bond motifs is 2. The third kappa shape index (κ3) is 2.52. The zero-order chi connectivity index (χ0) is 17.4. The standard InChI is InChI=1S/C21H19N3O/c1-22-21(25)17(18-12-23-19-9-5-3-8-16(18)19)11-14-13-24(2)20-10-6-4-7-15(14)20/h3-13,23H,1-2H3,(H,22,25)/b17-11-. The van der Waals surface area contributed by atoms with E-state index in [1.165, 1.54) is 0 Å². The average Bonchev–Trinajstić information content (AvgIpc) is 3.21. The van der Waals surface area contributed by atoms with Gasteiger partial charge in [0.05, 0.1) is 0 Å². The van der Waals surface area contributed by atoms with Gasteiger partial charge >= 0.3 is 0 Å². The molecule has 0 aliphatic rings. The maximum atomic E-state index is 12.6. The van der Waals surface area contributed by atoms with Gasteiger partial charge in [-0.15, -0.1) is 0 Å². The molecule has 2 N–H and O–H groups in total. The molecule has 0 atom stereocenters. The van der Waals surface area contributed by atoms with Gasteiger partial charge in [0.15, 0.2) is 0 Å². The number of rotatable bonds is 3. The minimum atomic E-state index is -0.0994. The summed E-state index contributed by atoms with van der Waals surface area (Å²) in [7, 11) is 3.68. The molecule has 0 aliphatic heterocycles. The first-order valence-corrected chi connectivity index (χ1v) is 8.23. The van der Waals surface area contributed by atoms with E-state index in [1.807, 2.05) is 55.7 Å². The Kier molecular flexibility index (Phi) is 3.65. The number of likely N-dealkylation sites (N-methyl/N-ethyl adjacent to an activating group) is 1. The summed E-state index contributed by atoms with van der Waals surface area (Å²) in [5.74, 6) is -0.0994. The zero-order valence-electron chi connectivity index (χ0n) is 14.2. The van der Waals surface area contributed by atoms with Gasteiger partial charge in [-0.1, -0.05) is 36.4 Å². The third-order valence-corrected chi connectivity index (χ3v) is 4.58. The van der Waals surface area contributed by atoms with Crippen molar-refractivity contribution in [1.29, 1.82) is 0 Å². The summed E-state index contributed by atoms with van der Waals surface area (Å²) in [5, 5.41) is 4.94. The van der Waals surface area contributed by atoms with E-state index >= 15 is 0 Å². The Labute approximate surface area is 145 Å². The first-order chi connectivity index (χ1) is 12.2. The highest BCUT2D eigenvalue weighted by Crippen LogP contribution is 2.29. The van der Waals surface area contributed by atoms with Crippen molar-refractivity contribution in [3.63, 3.8) is 0 Å². The van der Waals surface area contributed by atoms with Crippen molar-refractivity contribution in [1.82, 2.24) is 14.9 Å².